The lowest BCUT2D eigenvalue weighted by atomic mass is 10.1. The number of hydrogen-bond acceptors (Lipinski definition) is 6. The van der Waals surface area contributed by atoms with E-state index in [0.717, 1.165) is 11.5 Å². The minimum atomic E-state index is -0.306. The van der Waals surface area contributed by atoms with Gasteiger partial charge in [0.15, 0.2) is 6.61 Å². The highest BCUT2D eigenvalue weighted by molar-refractivity contribution is 6.07. The third-order valence-corrected chi connectivity index (χ3v) is 5.37. The Morgan fingerprint density at radius 1 is 1.00 bits per heavy atom. The Kier molecular flexibility index (Phi) is 7.17. The van der Waals surface area contributed by atoms with E-state index in [9.17, 15) is 9.59 Å². The zero-order valence-corrected chi connectivity index (χ0v) is 19.1. The van der Waals surface area contributed by atoms with Crippen LogP contribution in [0.25, 0.3) is 0 Å². The number of fused-ring (bicyclic) bond motifs is 1. The molecule has 0 bridgehead atoms. The van der Waals surface area contributed by atoms with Gasteiger partial charge >= 0.3 is 0 Å². The number of carbonyl (C=O) groups is 2. The van der Waals surface area contributed by atoms with Crippen LogP contribution in [-0.2, 0) is 4.79 Å². The van der Waals surface area contributed by atoms with E-state index in [2.05, 4.69) is 5.32 Å². The first-order chi connectivity index (χ1) is 16.6. The van der Waals surface area contributed by atoms with Crippen LogP contribution in [0.1, 0.15) is 16.8 Å². The number of methoxy groups -OCH3 is 2. The number of nitrogens with zero attached hydrogens (tertiary/aromatic N) is 1. The van der Waals surface area contributed by atoms with E-state index in [4.69, 9.17) is 18.9 Å². The molecule has 8 nitrogen and oxygen atoms in total. The average Bonchev–Trinajstić information content (AvgIpc) is 2.88. The molecule has 0 radical (unpaired) electrons. The second kappa shape index (κ2) is 10.6. The van der Waals surface area contributed by atoms with E-state index < -0.39 is 0 Å². The van der Waals surface area contributed by atoms with Crippen molar-refractivity contribution in [2.75, 3.05) is 44.2 Å². The predicted molar refractivity (Wildman–Crippen MR) is 128 cm³/mol. The SMILES string of the molecule is COc1ccc(OCCCN2C(=O)COc3ccc(NC(=O)c4ccccc4OC)cc32)cc1. The Bertz CT molecular complexity index is 1160. The van der Waals surface area contributed by atoms with Crippen LogP contribution in [-0.4, -0.2) is 45.8 Å². The van der Waals surface area contributed by atoms with Crippen molar-refractivity contribution in [2.24, 2.45) is 0 Å². The molecule has 0 aromatic heterocycles. The van der Waals surface area contributed by atoms with Crippen LogP contribution in [0.15, 0.2) is 66.7 Å². The van der Waals surface area contributed by atoms with Gasteiger partial charge in [-0.3, -0.25) is 9.59 Å². The first kappa shape index (κ1) is 23.0. The van der Waals surface area contributed by atoms with Crippen LogP contribution in [0.5, 0.6) is 23.0 Å². The summed E-state index contributed by atoms with van der Waals surface area (Å²) in [6.45, 7) is 0.866. The third kappa shape index (κ3) is 5.23. The maximum atomic E-state index is 12.8. The molecule has 0 fully saturated rings. The molecule has 3 aromatic carbocycles. The van der Waals surface area contributed by atoms with Crippen LogP contribution in [0, 0.1) is 0 Å². The van der Waals surface area contributed by atoms with Gasteiger partial charge in [-0.15, -0.1) is 0 Å². The number of benzene rings is 3. The van der Waals surface area contributed by atoms with E-state index in [0.29, 0.717) is 48.0 Å². The smallest absolute Gasteiger partial charge is 0.265 e. The van der Waals surface area contributed by atoms with Crippen LogP contribution >= 0.6 is 0 Å². The Hall–Kier alpha value is -4.20. The minimum absolute atomic E-state index is 0.0285. The molecule has 34 heavy (non-hydrogen) atoms. The van der Waals surface area contributed by atoms with Crippen molar-refractivity contribution in [1.82, 2.24) is 0 Å². The van der Waals surface area contributed by atoms with Crippen molar-refractivity contribution in [3.8, 4) is 23.0 Å². The molecule has 3 aromatic rings. The highest BCUT2D eigenvalue weighted by atomic mass is 16.5. The molecule has 0 saturated carbocycles. The van der Waals surface area contributed by atoms with Gasteiger partial charge in [-0.05, 0) is 61.0 Å². The molecular formula is C26H26N2O6. The van der Waals surface area contributed by atoms with Crippen molar-refractivity contribution in [3.05, 3.63) is 72.3 Å². The third-order valence-electron chi connectivity index (χ3n) is 5.37. The standard InChI is InChI=1S/C26H26N2O6/c1-31-19-9-11-20(12-10-19)33-15-5-14-28-22-16-18(8-13-24(22)34-17-25(28)29)27-26(30)21-6-3-4-7-23(21)32-2/h3-4,6-13,16H,5,14-15,17H2,1-2H3,(H,27,30). The molecule has 1 aliphatic heterocycles. The predicted octanol–water partition coefficient (Wildman–Crippen LogP) is 4.15. The zero-order valence-electron chi connectivity index (χ0n) is 19.1. The molecule has 0 unspecified atom stereocenters. The Labute approximate surface area is 198 Å². The number of anilines is 2. The topological polar surface area (TPSA) is 86.3 Å². The van der Waals surface area contributed by atoms with E-state index in [-0.39, 0.29) is 18.4 Å². The summed E-state index contributed by atoms with van der Waals surface area (Å²) in [7, 11) is 3.13. The lowest BCUT2D eigenvalue weighted by Gasteiger charge is -2.30. The fourth-order valence-electron chi connectivity index (χ4n) is 3.64. The monoisotopic (exact) mass is 462 g/mol. The molecule has 2 amide bonds. The van der Waals surface area contributed by atoms with Gasteiger partial charge in [-0.25, -0.2) is 0 Å². The number of nitrogens with one attached hydrogen (secondary N) is 1. The normalized spacial score (nSPS) is 12.4. The number of amides is 2. The van der Waals surface area contributed by atoms with E-state index in [1.165, 1.54) is 7.11 Å². The fraction of sp³-hybridized carbons (Fsp3) is 0.231. The highest BCUT2D eigenvalue weighted by Gasteiger charge is 2.26. The summed E-state index contributed by atoms with van der Waals surface area (Å²) in [6, 6.07) is 19.6. The molecule has 0 spiro atoms. The van der Waals surface area contributed by atoms with Gasteiger partial charge in [0.05, 0.1) is 32.1 Å². The maximum Gasteiger partial charge on any atom is 0.265 e. The van der Waals surface area contributed by atoms with Crippen LogP contribution in [0.4, 0.5) is 11.4 Å². The molecule has 176 valence electrons. The van der Waals surface area contributed by atoms with Crippen molar-refractivity contribution in [1.29, 1.82) is 0 Å². The van der Waals surface area contributed by atoms with Crippen molar-refractivity contribution in [3.63, 3.8) is 0 Å². The molecule has 1 heterocycles. The summed E-state index contributed by atoms with van der Waals surface area (Å²) in [5.41, 5.74) is 1.58. The summed E-state index contributed by atoms with van der Waals surface area (Å²) in [5.74, 6) is 2.11. The molecule has 0 aliphatic carbocycles. The molecule has 1 aliphatic rings. The van der Waals surface area contributed by atoms with Gasteiger partial charge in [0.2, 0.25) is 0 Å². The van der Waals surface area contributed by atoms with Gasteiger partial charge < -0.3 is 29.2 Å². The Morgan fingerprint density at radius 2 is 1.76 bits per heavy atom. The molecule has 8 heteroatoms. The molecule has 1 N–H and O–H groups in total. The largest absolute Gasteiger partial charge is 0.497 e. The van der Waals surface area contributed by atoms with Crippen LogP contribution < -0.4 is 29.2 Å². The summed E-state index contributed by atoms with van der Waals surface area (Å²) < 4.78 is 21.8. The van der Waals surface area contributed by atoms with E-state index >= 15 is 0 Å². The number of ether oxygens (including phenoxy) is 4. The lowest BCUT2D eigenvalue weighted by molar-refractivity contribution is -0.121. The van der Waals surface area contributed by atoms with Gasteiger partial charge in [-0.2, -0.15) is 0 Å². The van der Waals surface area contributed by atoms with Gasteiger partial charge in [0.25, 0.3) is 11.8 Å². The van der Waals surface area contributed by atoms with Crippen LogP contribution in [0.3, 0.4) is 0 Å². The quantitative estimate of drug-likeness (QED) is 0.481. The summed E-state index contributed by atoms with van der Waals surface area (Å²) in [6.07, 6.45) is 0.620. The molecular weight excluding hydrogens is 436 g/mol. The average molecular weight is 463 g/mol. The lowest BCUT2D eigenvalue weighted by Crippen LogP contribution is -2.39. The number of para-hydroxylation sites is 1. The van der Waals surface area contributed by atoms with Crippen molar-refractivity contribution < 1.29 is 28.5 Å². The van der Waals surface area contributed by atoms with Gasteiger partial charge in [0.1, 0.15) is 23.0 Å². The molecule has 4 rings (SSSR count). The van der Waals surface area contributed by atoms with Gasteiger partial charge in [0, 0.05) is 12.2 Å². The fourth-order valence-corrected chi connectivity index (χ4v) is 3.64. The molecule has 0 saturated heterocycles. The Morgan fingerprint density at radius 3 is 2.53 bits per heavy atom. The number of hydrogen-bond donors (Lipinski definition) is 1. The number of rotatable bonds is 9. The highest BCUT2D eigenvalue weighted by Crippen LogP contribution is 2.35. The van der Waals surface area contributed by atoms with E-state index in [1.54, 1.807) is 54.5 Å². The number of carbonyl (C=O) groups excluding carboxylic acids is 2. The zero-order chi connectivity index (χ0) is 23.9. The Balaban J connectivity index is 1.41. The first-order valence-electron chi connectivity index (χ1n) is 10.9. The van der Waals surface area contributed by atoms with Crippen LogP contribution in [0.2, 0.25) is 0 Å². The second-order valence-corrected chi connectivity index (χ2v) is 7.55. The van der Waals surface area contributed by atoms with Crippen molar-refractivity contribution in [2.45, 2.75) is 6.42 Å². The minimum Gasteiger partial charge on any atom is -0.497 e. The summed E-state index contributed by atoms with van der Waals surface area (Å²) in [5, 5.41) is 2.87. The van der Waals surface area contributed by atoms with E-state index in [1.807, 2.05) is 24.3 Å². The summed E-state index contributed by atoms with van der Waals surface area (Å²) >= 11 is 0. The van der Waals surface area contributed by atoms with Crippen molar-refractivity contribution >= 4 is 23.2 Å². The first-order valence-corrected chi connectivity index (χ1v) is 10.9. The second-order valence-electron chi connectivity index (χ2n) is 7.55. The summed E-state index contributed by atoms with van der Waals surface area (Å²) in [4.78, 5) is 27.0. The molecule has 0 atom stereocenters. The maximum absolute atomic E-state index is 12.8. The van der Waals surface area contributed by atoms with Gasteiger partial charge in [-0.1, -0.05) is 12.1 Å².